The van der Waals surface area contributed by atoms with Gasteiger partial charge in [0, 0.05) is 6.61 Å². The summed E-state index contributed by atoms with van der Waals surface area (Å²) in [6.45, 7) is 7.04. The van der Waals surface area contributed by atoms with Crippen LogP contribution in [0, 0.1) is 11.8 Å². The summed E-state index contributed by atoms with van der Waals surface area (Å²) in [5.74, 6) is 1.40. The fourth-order valence-corrected chi connectivity index (χ4v) is 1.99. The summed E-state index contributed by atoms with van der Waals surface area (Å²) in [6, 6.07) is 0. The summed E-state index contributed by atoms with van der Waals surface area (Å²) in [6.07, 6.45) is 2.17. The maximum Gasteiger partial charge on any atom is 0.0433 e. The van der Waals surface area contributed by atoms with E-state index in [4.69, 9.17) is 5.11 Å². The Hall–Kier alpha value is -0.300. The van der Waals surface area contributed by atoms with E-state index in [0.717, 1.165) is 6.42 Å². The molecular formula is C10H18O. The smallest absolute Gasteiger partial charge is 0.0433 e. The maximum absolute atomic E-state index is 8.80. The number of rotatable bonds is 2. The topological polar surface area (TPSA) is 20.2 Å². The second kappa shape index (κ2) is 3.40. The molecule has 1 N–H and O–H groups in total. The van der Waals surface area contributed by atoms with E-state index in [9.17, 15) is 0 Å². The molecule has 0 bridgehead atoms. The van der Waals surface area contributed by atoms with Gasteiger partial charge in [-0.2, -0.15) is 0 Å². The first-order chi connectivity index (χ1) is 5.16. The molecule has 0 fully saturated rings. The monoisotopic (exact) mass is 154 g/mol. The van der Waals surface area contributed by atoms with Crippen LogP contribution in [0.3, 0.4) is 0 Å². The van der Waals surface area contributed by atoms with Crippen molar-refractivity contribution in [1.29, 1.82) is 0 Å². The molecule has 1 rings (SSSR count). The lowest BCUT2D eigenvalue weighted by Gasteiger charge is -2.15. The van der Waals surface area contributed by atoms with Gasteiger partial charge in [0.1, 0.15) is 0 Å². The molecule has 1 aliphatic rings. The van der Waals surface area contributed by atoms with Gasteiger partial charge in [-0.15, -0.1) is 0 Å². The summed E-state index contributed by atoms with van der Waals surface area (Å²) < 4.78 is 0. The van der Waals surface area contributed by atoms with Gasteiger partial charge in [-0.25, -0.2) is 0 Å². The van der Waals surface area contributed by atoms with Crippen molar-refractivity contribution in [3.8, 4) is 0 Å². The lowest BCUT2D eigenvalue weighted by Crippen LogP contribution is -2.08. The van der Waals surface area contributed by atoms with Gasteiger partial charge in [-0.3, -0.25) is 0 Å². The molecule has 0 aromatic carbocycles. The Balaban J connectivity index is 2.55. The minimum atomic E-state index is 0.343. The fraction of sp³-hybridized carbons (Fsp3) is 0.800. The van der Waals surface area contributed by atoms with Gasteiger partial charge in [0.05, 0.1) is 0 Å². The summed E-state index contributed by atoms with van der Waals surface area (Å²) in [5.41, 5.74) is 3.08. The van der Waals surface area contributed by atoms with Crippen LogP contribution in [0.2, 0.25) is 0 Å². The largest absolute Gasteiger partial charge is 0.396 e. The molecule has 0 spiro atoms. The molecule has 0 amide bonds. The molecule has 0 aromatic heterocycles. The van der Waals surface area contributed by atoms with Crippen molar-refractivity contribution in [2.24, 2.45) is 11.8 Å². The lowest BCUT2D eigenvalue weighted by molar-refractivity contribution is 0.243. The highest BCUT2D eigenvalue weighted by Crippen LogP contribution is 2.37. The van der Waals surface area contributed by atoms with Gasteiger partial charge in [0.2, 0.25) is 0 Å². The van der Waals surface area contributed by atoms with E-state index >= 15 is 0 Å². The molecular weight excluding hydrogens is 136 g/mol. The normalized spacial score (nSPS) is 31.6. The maximum atomic E-state index is 8.80. The van der Waals surface area contributed by atoms with Crippen LogP contribution in [0.4, 0.5) is 0 Å². The first-order valence-electron chi connectivity index (χ1n) is 4.44. The van der Waals surface area contributed by atoms with E-state index in [1.807, 2.05) is 0 Å². The summed E-state index contributed by atoms with van der Waals surface area (Å²) in [5, 5.41) is 8.80. The predicted molar refractivity (Wildman–Crippen MR) is 47.3 cm³/mol. The van der Waals surface area contributed by atoms with E-state index < -0.39 is 0 Å². The number of allylic oxidation sites excluding steroid dienone is 2. The number of hydrogen-bond acceptors (Lipinski definition) is 1. The molecule has 2 unspecified atom stereocenters. The molecule has 1 aliphatic carbocycles. The van der Waals surface area contributed by atoms with Gasteiger partial charge in [0.25, 0.3) is 0 Å². The standard InChI is InChI=1S/C10H18O/c1-7-6-10(4-5-11)9(3)8(7)2/h9-11H,4-6H2,1-3H3. The third kappa shape index (κ3) is 1.64. The second-order valence-electron chi connectivity index (χ2n) is 3.73. The van der Waals surface area contributed by atoms with E-state index in [2.05, 4.69) is 20.8 Å². The summed E-state index contributed by atoms with van der Waals surface area (Å²) in [7, 11) is 0. The average molecular weight is 154 g/mol. The van der Waals surface area contributed by atoms with Crippen LogP contribution >= 0.6 is 0 Å². The molecule has 1 nitrogen and oxygen atoms in total. The Morgan fingerprint density at radius 2 is 2.09 bits per heavy atom. The quantitative estimate of drug-likeness (QED) is 0.605. The first-order valence-corrected chi connectivity index (χ1v) is 4.44. The number of hydrogen-bond donors (Lipinski definition) is 1. The number of aliphatic hydroxyl groups excluding tert-OH is 1. The van der Waals surface area contributed by atoms with Crippen molar-refractivity contribution in [2.45, 2.75) is 33.6 Å². The average Bonchev–Trinajstić information content (AvgIpc) is 2.19. The summed E-state index contributed by atoms with van der Waals surface area (Å²) in [4.78, 5) is 0. The van der Waals surface area contributed by atoms with Crippen molar-refractivity contribution in [3.05, 3.63) is 11.1 Å². The van der Waals surface area contributed by atoms with E-state index in [1.54, 1.807) is 5.57 Å². The number of aliphatic hydroxyl groups is 1. The third-order valence-electron chi connectivity index (χ3n) is 3.13. The molecule has 64 valence electrons. The molecule has 0 heterocycles. The summed E-state index contributed by atoms with van der Waals surface area (Å²) >= 11 is 0. The van der Waals surface area contributed by atoms with Crippen LogP contribution in [-0.2, 0) is 0 Å². The van der Waals surface area contributed by atoms with E-state index in [-0.39, 0.29) is 0 Å². The van der Waals surface area contributed by atoms with Crippen molar-refractivity contribution in [2.75, 3.05) is 6.61 Å². The first kappa shape index (κ1) is 8.79. The Labute approximate surface area is 69.1 Å². The third-order valence-corrected chi connectivity index (χ3v) is 3.13. The molecule has 0 saturated carbocycles. The van der Waals surface area contributed by atoms with Crippen molar-refractivity contribution in [1.82, 2.24) is 0 Å². The second-order valence-corrected chi connectivity index (χ2v) is 3.73. The van der Waals surface area contributed by atoms with Gasteiger partial charge >= 0.3 is 0 Å². The zero-order valence-electron chi connectivity index (χ0n) is 7.72. The van der Waals surface area contributed by atoms with Crippen LogP contribution in [0.25, 0.3) is 0 Å². The zero-order valence-corrected chi connectivity index (χ0v) is 7.72. The van der Waals surface area contributed by atoms with Crippen molar-refractivity contribution < 1.29 is 5.11 Å². The molecule has 1 heteroatoms. The van der Waals surface area contributed by atoms with Crippen LogP contribution in [0.5, 0.6) is 0 Å². The van der Waals surface area contributed by atoms with Crippen molar-refractivity contribution >= 4 is 0 Å². The Kier molecular flexibility index (Phi) is 2.72. The molecule has 0 saturated heterocycles. The highest BCUT2D eigenvalue weighted by atomic mass is 16.3. The zero-order chi connectivity index (χ0) is 8.43. The van der Waals surface area contributed by atoms with Crippen LogP contribution in [0.15, 0.2) is 11.1 Å². The molecule has 0 aromatic rings. The molecule has 0 radical (unpaired) electrons. The molecule has 11 heavy (non-hydrogen) atoms. The van der Waals surface area contributed by atoms with Gasteiger partial charge in [-0.05, 0) is 38.5 Å². The van der Waals surface area contributed by atoms with Crippen molar-refractivity contribution in [3.63, 3.8) is 0 Å². The Bertz CT molecular complexity index is 170. The fourth-order valence-electron chi connectivity index (χ4n) is 1.99. The SMILES string of the molecule is CC1=C(C)C(C)C(CCO)C1. The van der Waals surface area contributed by atoms with Crippen LogP contribution < -0.4 is 0 Å². The Morgan fingerprint density at radius 1 is 1.45 bits per heavy atom. The molecule has 2 atom stereocenters. The van der Waals surface area contributed by atoms with E-state index in [1.165, 1.54) is 12.0 Å². The highest BCUT2D eigenvalue weighted by molar-refractivity contribution is 5.20. The lowest BCUT2D eigenvalue weighted by atomic mass is 9.91. The van der Waals surface area contributed by atoms with Gasteiger partial charge in [0.15, 0.2) is 0 Å². The van der Waals surface area contributed by atoms with Crippen LogP contribution in [0.1, 0.15) is 33.6 Å². The van der Waals surface area contributed by atoms with E-state index in [0.29, 0.717) is 18.4 Å². The van der Waals surface area contributed by atoms with Crippen LogP contribution in [-0.4, -0.2) is 11.7 Å². The Morgan fingerprint density at radius 3 is 2.45 bits per heavy atom. The van der Waals surface area contributed by atoms with Gasteiger partial charge < -0.3 is 5.11 Å². The predicted octanol–water partition coefficient (Wildman–Crippen LogP) is 2.36. The highest BCUT2D eigenvalue weighted by Gasteiger charge is 2.25. The minimum absolute atomic E-state index is 0.343. The van der Waals surface area contributed by atoms with Gasteiger partial charge in [-0.1, -0.05) is 18.1 Å². The minimum Gasteiger partial charge on any atom is -0.396 e. The molecule has 0 aliphatic heterocycles.